The maximum Gasteiger partial charge on any atom is 0.141 e. The number of nitrogens with one attached hydrogen (secondary N) is 1. The molecule has 0 heterocycles. The minimum Gasteiger partial charge on any atom is -0.396 e. The van der Waals surface area contributed by atoms with Crippen LogP contribution >= 0.6 is 11.8 Å². The molecule has 0 aromatic heterocycles. The standard InChI is InChI=1S/C12H16N2OS/c1-14-12(9-13,10-16-8-7-15)11-5-3-2-4-6-11/h2-6,14-15H,7-8,10H2,1H3. The van der Waals surface area contributed by atoms with Crippen molar-refractivity contribution in [2.45, 2.75) is 5.54 Å². The summed E-state index contributed by atoms with van der Waals surface area (Å²) >= 11 is 1.57. The number of hydrogen-bond acceptors (Lipinski definition) is 4. The van der Waals surface area contributed by atoms with E-state index in [4.69, 9.17) is 5.11 Å². The summed E-state index contributed by atoms with van der Waals surface area (Å²) in [5.41, 5.74) is 0.298. The van der Waals surface area contributed by atoms with Gasteiger partial charge in [0, 0.05) is 11.5 Å². The van der Waals surface area contributed by atoms with Crippen molar-refractivity contribution in [3.8, 4) is 6.07 Å². The molecular formula is C12H16N2OS. The normalized spacial score (nSPS) is 14.1. The summed E-state index contributed by atoms with van der Waals surface area (Å²) < 4.78 is 0. The fourth-order valence-corrected chi connectivity index (χ4v) is 2.42. The van der Waals surface area contributed by atoms with Crippen molar-refractivity contribution in [2.24, 2.45) is 0 Å². The number of aliphatic hydroxyl groups is 1. The molecule has 0 bridgehead atoms. The molecule has 1 aromatic carbocycles. The quantitative estimate of drug-likeness (QED) is 0.732. The lowest BCUT2D eigenvalue weighted by Crippen LogP contribution is -2.41. The van der Waals surface area contributed by atoms with Crippen LogP contribution in [0.5, 0.6) is 0 Å². The zero-order valence-corrected chi connectivity index (χ0v) is 10.1. The van der Waals surface area contributed by atoms with E-state index < -0.39 is 5.54 Å². The zero-order chi connectivity index (χ0) is 11.9. The van der Waals surface area contributed by atoms with Crippen LogP contribution in [0.1, 0.15) is 5.56 Å². The second-order valence-corrected chi connectivity index (χ2v) is 4.51. The monoisotopic (exact) mass is 236 g/mol. The van der Waals surface area contributed by atoms with E-state index in [2.05, 4.69) is 11.4 Å². The summed E-state index contributed by atoms with van der Waals surface area (Å²) in [7, 11) is 1.79. The fraction of sp³-hybridized carbons (Fsp3) is 0.417. The first kappa shape index (κ1) is 13.0. The highest BCUT2D eigenvalue weighted by Gasteiger charge is 2.29. The van der Waals surface area contributed by atoms with Gasteiger partial charge in [-0.3, -0.25) is 5.32 Å². The lowest BCUT2D eigenvalue weighted by Gasteiger charge is -2.26. The van der Waals surface area contributed by atoms with Crippen molar-refractivity contribution < 1.29 is 5.11 Å². The molecule has 16 heavy (non-hydrogen) atoms. The fourth-order valence-electron chi connectivity index (χ4n) is 1.47. The number of aliphatic hydroxyl groups excluding tert-OH is 1. The molecule has 0 aliphatic heterocycles. The highest BCUT2D eigenvalue weighted by molar-refractivity contribution is 7.99. The lowest BCUT2D eigenvalue weighted by atomic mass is 9.94. The van der Waals surface area contributed by atoms with Gasteiger partial charge in [-0.25, -0.2) is 0 Å². The van der Waals surface area contributed by atoms with Gasteiger partial charge in [0.1, 0.15) is 5.54 Å². The predicted octanol–water partition coefficient (Wildman–Crippen LogP) is 1.35. The number of rotatable bonds is 6. The van der Waals surface area contributed by atoms with E-state index in [1.54, 1.807) is 18.8 Å². The first-order valence-corrected chi connectivity index (χ1v) is 6.29. The third-order valence-corrected chi connectivity index (χ3v) is 3.55. The third-order valence-electron chi connectivity index (χ3n) is 2.44. The zero-order valence-electron chi connectivity index (χ0n) is 9.31. The Morgan fingerprint density at radius 3 is 2.62 bits per heavy atom. The number of thioether (sulfide) groups is 1. The molecule has 2 N–H and O–H groups in total. The van der Waals surface area contributed by atoms with Crippen LogP contribution in [0.3, 0.4) is 0 Å². The van der Waals surface area contributed by atoms with Crippen LogP contribution in [-0.2, 0) is 5.54 Å². The van der Waals surface area contributed by atoms with Gasteiger partial charge in [0.15, 0.2) is 0 Å². The van der Waals surface area contributed by atoms with Crippen molar-refractivity contribution in [1.82, 2.24) is 5.32 Å². The van der Waals surface area contributed by atoms with Gasteiger partial charge in [0.25, 0.3) is 0 Å². The van der Waals surface area contributed by atoms with Gasteiger partial charge in [-0.05, 0) is 12.6 Å². The van der Waals surface area contributed by atoms with Crippen molar-refractivity contribution in [2.75, 3.05) is 25.2 Å². The molecule has 1 aromatic rings. The Hall–Kier alpha value is -1.02. The SMILES string of the molecule is CNC(C#N)(CSCCO)c1ccccc1. The highest BCUT2D eigenvalue weighted by atomic mass is 32.2. The summed E-state index contributed by atoms with van der Waals surface area (Å²) in [6.07, 6.45) is 0. The maximum absolute atomic E-state index is 9.34. The lowest BCUT2D eigenvalue weighted by molar-refractivity contribution is 0.322. The second kappa shape index (κ2) is 6.54. The van der Waals surface area contributed by atoms with Crippen molar-refractivity contribution in [3.63, 3.8) is 0 Å². The van der Waals surface area contributed by atoms with Crippen LogP contribution in [0.25, 0.3) is 0 Å². The Kier molecular flexibility index (Phi) is 5.33. The topological polar surface area (TPSA) is 56.0 Å². The van der Waals surface area contributed by atoms with Crippen molar-refractivity contribution in [3.05, 3.63) is 35.9 Å². The number of nitrogens with zero attached hydrogens (tertiary/aromatic N) is 1. The van der Waals surface area contributed by atoms with E-state index >= 15 is 0 Å². The first-order chi connectivity index (χ1) is 7.79. The van der Waals surface area contributed by atoms with E-state index in [9.17, 15) is 5.26 Å². The molecule has 1 atom stereocenters. The first-order valence-electron chi connectivity index (χ1n) is 5.13. The average Bonchev–Trinajstić information content (AvgIpc) is 2.36. The molecule has 0 fully saturated rings. The van der Waals surface area contributed by atoms with Gasteiger partial charge in [-0.2, -0.15) is 17.0 Å². The highest BCUT2D eigenvalue weighted by Crippen LogP contribution is 2.24. The Balaban J connectivity index is 2.85. The van der Waals surface area contributed by atoms with E-state index in [1.165, 1.54) is 0 Å². The van der Waals surface area contributed by atoms with Gasteiger partial charge in [-0.1, -0.05) is 30.3 Å². The van der Waals surface area contributed by atoms with Gasteiger partial charge in [0.2, 0.25) is 0 Å². The van der Waals surface area contributed by atoms with Crippen LogP contribution in [0.4, 0.5) is 0 Å². The van der Waals surface area contributed by atoms with E-state index in [-0.39, 0.29) is 6.61 Å². The Morgan fingerprint density at radius 2 is 2.12 bits per heavy atom. The van der Waals surface area contributed by atoms with Crippen LogP contribution < -0.4 is 5.32 Å². The summed E-state index contributed by atoms with van der Waals surface area (Å²) in [6, 6.07) is 12.0. The molecule has 0 spiro atoms. The van der Waals surface area contributed by atoms with Gasteiger partial charge < -0.3 is 5.11 Å². The largest absolute Gasteiger partial charge is 0.396 e. The predicted molar refractivity (Wildman–Crippen MR) is 67.2 cm³/mol. The molecule has 0 aliphatic rings. The molecule has 0 saturated carbocycles. The van der Waals surface area contributed by atoms with Gasteiger partial charge in [-0.15, -0.1) is 0 Å². The molecule has 0 amide bonds. The summed E-state index contributed by atoms with van der Waals surface area (Å²) in [4.78, 5) is 0. The summed E-state index contributed by atoms with van der Waals surface area (Å²) in [6.45, 7) is 0.144. The molecule has 86 valence electrons. The molecular weight excluding hydrogens is 220 g/mol. The second-order valence-electron chi connectivity index (χ2n) is 3.41. The van der Waals surface area contributed by atoms with Crippen LogP contribution in [-0.4, -0.2) is 30.3 Å². The average molecular weight is 236 g/mol. The molecule has 0 radical (unpaired) electrons. The minimum absolute atomic E-state index is 0.144. The summed E-state index contributed by atoms with van der Waals surface area (Å²) in [5, 5.41) is 21.2. The van der Waals surface area contributed by atoms with E-state index in [0.29, 0.717) is 11.5 Å². The maximum atomic E-state index is 9.34. The van der Waals surface area contributed by atoms with Gasteiger partial charge in [0.05, 0.1) is 12.7 Å². The smallest absolute Gasteiger partial charge is 0.141 e. The van der Waals surface area contributed by atoms with E-state index in [0.717, 1.165) is 5.56 Å². The van der Waals surface area contributed by atoms with Crippen LogP contribution in [0.15, 0.2) is 30.3 Å². The number of hydrogen-bond donors (Lipinski definition) is 2. The summed E-state index contributed by atoms with van der Waals surface area (Å²) in [5.74, 6) is 1.28. The Morgan fingerprint density at radius 1 is 1.44 bits per heavy atom. The van der Waals surface area contributed by atoms with Crippen molar-refractivity contribution in [1.29, 1.82) is 5.26 Å². The minimum atomic E-state index is -0.666. The van der Waals surface area contributed by atoms with Gasteiger partial charge >= 0.3 is 0 Å². The molecule has 4 heteroatoms. The third kappa shape index (κ3) is 2.99. The number of benzene rings is 1. The molecule has 0 saturated heterocycles. The molecule has 0 aliphatic carbocycles. The van der Waals surface area contributed by atoms with Crippen molar-refractivity contribution >= 4 is 11.8 Å². The molecule has 3 nitrogen and oxygen atoms in total. The van der Waals surface area contributed by atoms with Crippen LogP contribution in [0, 0.1) is 11.3 Å². The Labute approximate surface area is 100 Å². The molecule has 1 unspecified atom stereocenters. The van der Waals surface area contributed by atoms with Crippen LogP contribution in [0.2, 0.25) is 0 Å². The molecule has 1 rings (SSSR count). The Bertz CT molecular complexity index is 350. The van der Waals surface area contributed by atoms with E-state index in [1.807, 2.05) is 30.3 Å². The number of nitriles is 1.